The van der Waals surface area contributed by atoms with E-state index in [0.717, 1.165) is 5.03 Å². The van der Waals surface area contributed by atoms with Crippen molar-refractivity contribution in [2.24, 2.45) is 0 Å². The van der Waals surface area contributed by atoms with Gasteiger partial charge in [0.15, 0.2) is 5.82 Å². The quantitative estimate of drug-likeness (QED) is 0.686. The van der Waals surface area contributed by atoms with Crippen molar-refractivity contribution >= 4 is 27.4 Å². The first kappa shape index (κ1) is 7.68. The fourth-order valence-electron chi connectivity index (χ4n) is 0.479. The Balaban J connectivity index is 2.81. The average Bonchev–Trinajstić information content (AvgIpc) is 1.94. The summed E-state index contributed by atoms with van der Waals surface area (Å²) in [4.78, 5) is 7.90. The van der Waals surface area contributed by atoms with Gasteiger partial charge in [-0.2, -0.15) is 0 Å². The second kappa shape index (κ2) is 3.68. The molecule has 3 nitrogen and oxygen atoms in total. The molecule has 54 valence electrons. The lowest BCUT2D eigenvalue weighted by Crippen LogP contribution is -1.92. The maximum atomic E-state index is 5.50. The second-order valence-corrected chi connectivity index (χ2v) is 3.88. The van der Waals surface area contributed by atoms with Crippen molar-refractivity contribution < 1.29 is 0 Å². The third kappa shape index (κ3) is 1.78. The number of rotatable bonds is 2. The van der Waals surface area contributed by atoms with Gasteiger partial charge in [0.2, 0.25) is 0 Å². The van der Waals surface area contributed by atoms with Gasteiger partial charge in [-0.1, -0.05) is 10.8 Å². The minimum Gasteiger partial charge on any atom is -0.381 e. The van der Waals surface area contributed by atoms with Crippen LogP contribution in [0.1, 0.15) is 0 Å². The van der Waals surface area contributed by atoms with Gasteiger partial charge in [0.1, 0.15) is 5.03 Å². The molecule has 2 N–H and O–H groups in total. The number of nitrogens with two attached hydrogens (primary N) is 1. The largest absolute Gasteiger partial charge is 0.381 e. The second-order valence-electron chi connectivity index (χ2n) is 1.50. The lowest BCUT2D eigenvalue weighted by molar-refractivity contribution is 1.08. The molecule has 0 aromatic carbocycles. The highest BCUT2D eigenvalue weighted by molar-refractivity contribution is 8.76. The van der Waals surface area contributed by atoms with Crippen molar-refractivity contribution in [3.8, 4) is 0 Å². The van der Waals surface area contributed by atoms with Crippen LogP contribution in [0.3, 0.4) is 0 Å². The molecular formula is C5H7N3S2. The molecule has 0 saturated heterocycles. The predicted molar refractivity (Wildman–Crippen MR) is 45.8 cm³/mol. The molecular weight excluding hydrogens is 166 g/mol. The van der Waals surface area contributed by atoms with Gasteiger partial charge in [0, 0.05) is 12.4 Å². The first-order valence-corrected chi connectivity index (χ1v) is 5.17. The molecule has 0 spiro atoms. The first-order chi connectivity index (χ1) is 4.84. The van der Waals surface area contributed by atoms with E-state index in [4.69, 9.17) is 5.73 Å². The molecule has 10 heavy (non-hydrogen) atoms. The Kier molecular flexibility index (Phi) is 2.82. The van der Waals surface area contributed by atoms with Crippen LogP contribution < -0.4 is 5.73 Å². The van der Waals surface area contributed by atoms with Crippen LogP contribution in [0, 0.1) is 0 Å². The fourth-order valence-corrected chi connectivity index (χ4v) is 1.74. The van der Waals surface area contributed by atoms with Gasteiger partial charge in [-0.25, -0.2) is 9.97 Å². The minimum absolute atomic E-state index is 0.502. The van der Waals surface area contributed by atoms with Gasteiger partial charge in [-0.15, -0.1) is 0 Å². The van der Waals surface area contributed by atoms with Crippen molar-refractivity contribution in [2.75, 3.05) is 12.0 Å². The lowest BCUT2D eigenvalue weighted by Gasteiger charge is -1.97. The van der Waals surface area contributed by atoms with Crippen LogP contribution in [0.25, 0.3) is 0 Å². The summed E-state index contributed by atoms with van der Waals surface area (Å²) in [5.41, 5.74) is 5.50. The maximum Gasteiger partial charge on any atom is 0.156 e. The Hall–Kier alpha value is -0.420. The van der Waals surface area contributed by atoms with Crippen molar-refractivity contribution in [3.63, 3.8) is 0 Å². The van der Waals surface area contributed by atoms with E-state index in [1.165, 1.54) is 10.8 Å². The summed E-state index contributed by atoms with van der Waals surface area (Å²) in [5, 5.41) is 0.787. The van der Waals surface area contributed by atoms with Gasteiger partial charge >= 0.3 is 0 Å². The molecule has 1 aromatic rings. The van der Waals surface area contributed by atoms with E-state index in [-0.39, 0.29) is 0 Å². The fraction of sp³-hybridized carbons (Fsp3) is 0.200. The molecule has 0 aliphatic carbocycles. The van der Waals surface area contributed by atoms with E-state index < -0.39 is 0 Å². The van der Waals surface area contributed by atoms with Gasteiger partial charge in [-0.3, -0.25) is 0 Å². The van der Waals surface area contributed by atoms with E-state index in [2.05, 4.69) is 9.97 Å². The normalized spacial score (nSPS) is 9.70. The standard InChI is InChI=1S/C5H7N3S2/c1-9-10-5-4(6)7-2-3-8-5/h2-3H,1H3,(H2,6,7). The SMILES string of the molecule is CSSc1nccnc1N. The van der Waals surface area contributed by atoms with Crippen LogP contribution in [-0.2, 0) is 0 Å². The zero-order chi connectivity index (χ0) is 7.40. The molecule has 0 aliphatic rings. The summed E-state index contributed by atoms with van der Waals surface area (Å²) < 4.78 is 0. The molecule has 0 bridgehead atoms. The molecule has 0 amide bonds. The zero-order valence-electron chi connectivity index (χ0n) is 5.44. The van der Waals surface area contributed by atoms with Crippen LogP contribution in [0.15, 0.2) is 17.4 Å². The molecule has 0 atom stereocenters. The molecule has 0 radical (unpaired) electrons. The Labute approximate surface area is 67.2 Å². The number of nitrogen functional groups attached to an aromatic ring is 1. The molecule has 1 rings (SSSR count). The van der Waals surface area contributed by atoms with Crippen molar-refractivity contribution in [1.29, 1.82) is 0 Å². The summed E-state index contributed by atoms with van der Waals surface area (Å²) in [5.74, 6) is 0.502. The maximum absolute atomic E-state index is 5.50. The summed E-state index contributed by atoms with van der Waals surface area (Å²) in [7, 11) is 3.12. The summed E-state index contributed by atoms with van der Waals surface area (Å²) in [6, 6.07) is 0. The Bertz CT molecular complexity index is 216. The van der Waals surface area contributed by atoms with Crippen LogP contribution in [-0.4, -0.2) is 16.2 Å². The Morgan fingerprint density at radius 2 is 2.10 bits per heavy atom. The number of hydrogen-bond acceptors (Lipinski definition) is 5. The summed E-state index contributed by atoms with van der Waals surface area (Å²) in [6.07, 6.45) is 5.19. The monoisotopic (exact) mass is 173 g/mol. The first-order valence-electron chi connectivity index (χ1n) is 2.61. The predicted octanol–water partition coefficient (Wildman–Crippen LogP) is 1.43. The number of nitrogens with zero attached hydrogens (tertiary/aromatic N) is 2. The molecule has 5 heteroatoms. The molecule has 0 aliphatic heterocycles. The average molecular weight is 173 g/mol. The Morgan fingerprint density at radius 1 is 1.40 bits per heavy atom. The lowest BCUT2D eigenvalue weighted by atomic mass is 10.7. The molecule has 1 aromatic heterocycles. The molecule has 0 saturated carbocycles. The molecule has 0 unspecified atom stereocenters. The van der Waals surface area contributed by atoms with Gasteiger partial charge in [-0.05, 0) is 17.0 Å². The van der Waals surface area contributed by atoms with E-state index in [9.17, 15) is 0 Å². The third-order valence-electron chi connectivity index (χ3n) is 0.853. The minimum atomic E-state index is 0.502. The van der Waals surface area contributed by atoms with Crippen LogP contribution >= 0.6 is 21.6 Å². The van der Waals surface area contributed by atoms with Gasteiger partial charge in [0.05, 0.1) is 0 Å². The number of anilines is 1. The third-order valence-corrected chi connectivity index (χ3v) is 2.47. The van der Waals surface area contributed by atoms with Crippen molar-refractivity contribution in [1.82, 2.24) is 9.97 Å². The highest BCUT2D eigenvalue weighted by Gasteiger charge is 1.98. The smallest absolute Gasteiger partial charge is 0.156 e. The van der Waals surface area contributed by atoms with E-state index >= 15 is 0 Å². The number of aromatic nitrogens is 2. The highest BCUT2D eigenvalue weighted by atomic mass is 33.1. The Morgan fingerprint density at radius 3 is 2.70 bits per heavy atom. The van der Waals surface area contributed by atoms with E-state index in [0.29, 0.717) is 5.82 Å². The van der Waals surface area contributed by atoms with Crippen molar-refractivity contribution in [3.05, 3.63) is 12.4 Å². The van der Waals surface area contributed by atoms with Crippen LogP contribution in [0.5, 0.6) is 0 Å². The summed E-state index contributed by atoms with van der Waals surface area (Å²) >= 11 is 0. The molecule has 1 heterocycles. The highest BCUT2D eigenvalue weighted by Crippen LogP contribution is 2.29. The zero-order valence-corrected chi connectivity index (χ0v) is 7.08. The molecule has 0 fully saturated rings. The van der Waals surface area contributed by atoms with Gasteiger partial charge in [0.25, 0.3) is 0 Å². The van der Waals surface area contributed by atoms with E-state index in [1.807, 2.05) is 6.26 Å². The van der Waals surface area contributed by atoms with E-state index in [1.54, 1.807) is 23.2 Å². The van der Waals surface area contributed by atoms with Gasteiger partial charge < -0.3 is 5.73 Å². The van der Waals surface area contributed by atoms with Crippen LogP contribution in [0.2, 0.25) is 0 Å². The summed E-state index contributed by atoms with van der Waals surface area (Å²) in [6.45, 7) is 0. The van der Waals surface area contributed by atoms with Crippen molar-refractivity contribution in [2.45, 2.75) is 5.03 Å². The number of hydrogen-bond donors (Lipinski definition) is 1. The topological polar surface area (TPSA) is 51.8 Å². The van der Waals surface area contributed by atoms with Crippen LogP contribution in [0.4, 0.5) is 5.82 Å².